The molecular weight excluding hydrogens is 288 g/mol. The molecule has 2 nitrogen and oxygen atoms in total. The maximum Gasteiger partial charge on any atom is 0.157 e. The van der Waals surface area contributed by atoms with Gasteiger partial charge in [-0.25, -0.2) is 0 Å². The van der Waals surface area contributed by atoms with Crippen molar-refractivity contribution in [2.75, 3.05) is 6.54 Å². The summed E-state index contributed by atoms with van der Waals surface area (Å²) in [5.74, 6) is 0. The molecule has 1 aliphatic rings. The van der Waals surface area contributed by atoms with E-state index in [0.29, 0.717) is 5.25 Å². The van der Waals surface area contributed by atoms with E-state index in [1.165, 1.54) is 11.1 Å². The lowest BCUT2D eigenvalue weighted by molar-refractivity contribution is 0.911. The van der Waals surface area contributed by atoms with E-state index in [-0.39, 0.29) is 0 Å². The van der Waals surface area contributed by atoms with Crippen molar-refractivity contribution >= 4 is 28.5 Å². The third kappa shape index (κ3) is 3.35. The topological polar surface area (TPSA) is 24.4 Å². The lowest BCUT2D eigenvalue weighted by Gasteiger charge is -2.09. The molecule has 1 aliphatic heterocycles. The molecule has 1 atom stereocenters. The third-order valence-corrected chi connectivity index (χ3v) is 4.64. The van der Waals surface area contributed by atoms with Crippen LogP contribution in [0.1, 0.15) is 16.4 Å². The number of nitrogens with one attached hydrogen (secondary N) is 1. The minimum absolute atomic E-state index is 0.434. The number of thioether (sulfide) groups is 1. The number of benzene rings is 2. The highest BCUT2D eigenvalue weighted by atomic mass is 35.5. The quantitative estimate of drug-likeness (QED) is 0.915. The molecule has 0 saturated carbocycles. The molecule has 1 unspecified atom stereocenters. The lowest BCUT2D eigenvalue weighted by atomic mass is 10.1. The Balaban J connectivity index is 1.54. The Morgan fingerprint density at radius 1 is 1.10 bits per heavy atom. The summed E-state index contributed by atoms with van der Waals surface area (Å²) in [6.45, 7) is 1.63. The van der Waals surface area contributed by atoms with E-state index < -0.39 is 0 Å². The SMILES string of the molecule is Clc1ccc(CNC2=NCC(c3ccccc3)S2)cc1. The molecule has 1 heterocycles. The van der Waals surface area contributed by atoms with Crippen LogP contribution in [0.2, 0.25) is 5.02 Å². The number of amidine groups is 1. The minimum Gasteiger partial charge on any atom is -0.361 e. The van der Waals surface area contributed by atoms with Crippen LogP contribution in [0.5, 0.6) is 0 Å². The van der Waals surface area contributed by atoms with Crippen LogP contribution in [-0.2, 0) is 6.54 Å². The summed E-state index contributed by atoms with van der Waals surface area (Å²) in [5, 5.41) is 5.61. The number of rotatable bonds is 3. The Morgan fingerprint density at radius 3 is 2.60 bits per heavy atom. The number of hydrogen-bond acceptors (Lipinski definition) is 3. The summed E-state index contributed by atoms with van der Waals surface area (Å²) < 4.78 is 0. The van der Waals surface area contributed by atoms with Gasteiger partial charge in [-0.3, -0.25) is 4.99 Å². The average molecular weight is 303 g/mol. The first-order valence-corrected chi connectivity index (χ1v) is 7.81. The van der Waals surface area contributed by atoms with Crippen molar-refractivity contribution in [1.82, 2.24) is 5.32 Å². The van der Waals surface area contributed by atoms with E-state index in [1.807, 2.05) is 30.3 Å². The van der Waals surface area contributed by atoms with E-state index in [2.05, 4.69) is 34.6 Å². The van der Waals surface area contributed by atoms with Gasteiger partial charge in [-0.2, -0.15) is 0 Å². The van der Waals surface area contributed by atoms with Gasteiger partial charge in [0.1, 0.15) is 0 Å². The van der Waals surface area contributed by atoms with Crippen molar-refractivity contribution in [3.8, 4) is 0 Å². The van der Waals surface area contributed by atoms with Crippen LogP contribution in [0.4, 0.5) is 0 Å². The Hall–Kier alpha value is -1.45. The molecule has 0 amide bonds. The van der Waals surface area contributed by atoms with Crippen molar-refractivity contribution in [3.05, 3.63) is 70.7 Å². The second kappa shape index (κ2) is 6.33. The number of hydrogen-bond donors (Lipinski definition) is 1. The highest BCUT2D eigenvalue weighted by molar-refractivity contribution is 8.14. The van der Waals surface area contributed by atoms with E-state index in [1.54, 1.807) is 11.8 Å². The fourth-order valence-corrected chi connectivity index (χ4v) is 3.24. The molecular formula is C16H15ClN2S. The van der Waals surface area contributed by atoms with Gasteiger partial charge in [-0.15, -0.1) is 0 Å². The monoisotopic (exact) mass is 302 g/mol. The van der Waals surface area contributed by atoms with Gasteiger partial charge < -0.3 is 5.32 Å². The van der Waals surface area contributed by atoms with Crippen LogP contribution in [0.25, 0.3) is 0 Å². The maximum atomic E-state index is 5.88. The molecule has 1 N–H and O–H groups in total. The summed E-state index contributed by atoms with van der Waals surface area (Å²) in [6.07, 6.45) is 0. The van der Waals surface area contributed by atoms with Gasteiger partial charge in [0, 0.05) is 11.6 Å². The summed E-state index contributed by atoms with van der Waals surface area (Å²) in [7, 11) is 0. The molecule has 0 saturated heterocycles. The third-order valence-electron chi connectivity index (χ3n) is 3.18. The van der Waals surface area contributed by atoms with Crippen molar-refractivity contribution in [1.29, 1.82) is 0 Å². The first-order valence-electron chi connectivity index (χ1n) is 6.55. The van der Waals surface area contributed by atoms with Gasteiger partial charge in [-0.1, -0.05) is 65.8 Å². The molecule has 2 aromatic rings. The van der Waals surface area contributed by atoms with Crippen molar-refractivity contribution in [3.63, 3.8) is 0 Å². The van der Waals surface area contributed by atoms with E-state index in [9.17, 15) is 0 Å². The maximum absolute atomic E-state index is 5.88. The van der Waals surface area contributed by atoms with Crippen LogP contribution in [-0.4, -0.2) is 11.7 Å². The lowest BCUT2D eigenvalue weighted by Crippen LogP contribution is -2.18. The van der Waals surface area contributed by atoms with Gasteiger partial charge in [-0.05, 0) is 23.3 Å². The summed E-state index contributed by atoms with van der Waals surface area (Å²) in [6, 6.07) is 18.4. The first-order chi connectivity index (χ1) is 9.81. The van der Waals surface area contributed by atoms with Crippen molar-refractivity contribution in [2.24, 2.45) is 4.99 Å². The highest BCUT2D eigenvalue weighted by Crippen LogP contribution is 2.34. The zero-order valence-corrected chi connectivity index (χ0v) is 12.5. The fraction of sp³-hybridized carbons (Fsp3) is 0.188. The minimum atomic E-state index is 0.434. The summed E-state index contributed by atoms with van der Waals surface area (Å²) >= 11 is 7.68. The molecule has 0 bridgehead atoms. The smallest absolute Gasteiger partial charge is 0.157 e. The Kier molecular flexibility index (Phi) is 4.28. The van der Waals surface area contributed by atoms with Crippen molar-refractivity contribution in [2.45, 2.75) is 11.8 Å². The van der Waals surface area contributed by atoms with E-state index in [0.717, 1.165) is 23.3 Å². The standard InChI is InChI=1S/C16H15ClN2S/c17-14-8-6-12(7-9-14)10-18-16-19-11-15(20-16)13-4-2-1-3-5-13/h1-9,15H,10-11H2,(H,18,19). The molecule has 102 valence electrons. The highest BCUT2D eigenvalue weighted by Gasteiger charge is 2.20. The van der Waals surface area contributed by atoms with Crippen LogP contribution in [0, 0.1) is 0 Å². The second-order valence-corrected chi connectivity index (χ2v) is 6.27. The Labute approximate surface area is 128 Å². The molecule has 20 heavy (non-hydrogen) atoms. The van der Waals surface area contributed by atoms with Gasteiger partial charge in [0.25, 0.3) is 0 Å². The van der Waals surface area contributed by atoms with Crippen LogP contribution >= 0.6 is 23.4 Å². The molecule has 0 spiro atoms. The molecule has 0 radical (unpaired) electrons. The number of aliphatic imine (C=N–C) groups is 1. The second-order valence-electron chi connectivity index (χ2n) is 4.64. The van der Waals surface area contributed by atoms with Crippen LogP contribution < -0.4 is 5.32 Å². The first kappa shape index (κ1) is 13.5. The van der Waals surface area contributed by atoms with Crippen LogP contribution in [0.15, 0.2) is 59.6 Å². The van der Waals surface area contributed by atoms with Gasteiger partial charge in [0.2, 0.25) is 0 Å². The zero-order chi connectivity index (χ0) is 13.8. The Bertz CT molecular complexity index is 596. The molecule has 0 fully saturated rings. The molecule has 4 heteroatoms. The Morgan fingerprint density at radius 2 is 1.85 bits per heavy atom. The van der Waals surface area contributed by atoms with Crippen molar-refractivity contribution < 1.29 is 0 Å². The summed E-state index contributed by atoms with van der Waals surface area (Å²) in [5.41, 5.74) is 2.55. The number of halogens is 1. The molecule has 2 aromatic carbocycles. The van der Waals surface area contributed by atoms with Gasteiger partial charge >= 0.3 is 0 Å². The zero-order valence-electron chi connectivity index (χ0n) is 10.9. The molecule has 0 aliphatic carbocycles. The molecule has 3 rings (SSSR count). The summed E-state index contributed by atoms with van der Waals surface area (Å²) in [4.78, 5) is 4.57. The largest absolute Gasteiger partial charge is 0.361 e. The molecule has 0 aromatic heterocycles. The predicted octanol–water partition coefficient (Wildman–Crippen LogP) is 4.27. The van der Waals surface area contributed by atoms with E-state index >= 15 is 0 Å². The van der Waals surface area contributed by atoms with Crippen LogP contribution in [0.3, 0.4) is 0 Å². The number of nitrogens with zero attached hydrogens (tertiary/aromatic N) is 1. The predicted molar refractivity (Wildman–Crippen MR) is 87.4 cm³/mol. The van der Waals surface area contributed by atoms with Gasteiger partial charge in [0.15, 0.2) is 5.17 Å². The van der Waals surface area contributed by atoms with Gasteiger partial charge in [0.05, 0.1) is 11.8 Å². The average Bonchev–Trinajstić information content (AvgIpc) is 2.97. The van der Waals surface area contributed by atoms with E-state index in [4.69, 9.17) is 11.6 Å². The normalized spacial score (nSPS) is 17.9. The fourth-order valence-electron chi connectivity index (χ4n) is 2.09.